The Kier molecular flexibility index (Phi) is 4.74. The van der Waals surface area contributed by atoms with Crippen LogP contribution < -0.4 is 16.0 Å². The Balaban J connectivity index is 1.52. The summed E-state index contributed by atoms with van der Waals surface area (Å²) < 4.78 is 0. The fraction of sp³-hybridized carbons (Fsp3) is 0.429. The first-order chi connectivity index (χ1) is 13.0. The second-order valence-corrected chi connectivity index (χ2v) is 7.83. The predicted octanol–water partition coefficient (Wildman–Crippen LogP) is 3.50. The van der Waals surface area contributed by atoms with Gasteiger partial charge in [0.25, 0.3) is 0 Å². The van der Waals surface area contributed by atoms with E-state index in [-0.39, 0.29) is 17.9 Å². The van der Waals surface area contributed by atoms with E-state index in [0.717, 1.165) is 36.5 Å². The van der Waals surface area contributed by atoms with Gasteiger partial charge in [0, 0.05) is 36.7 Å². The number of benzene rings is 1. The zero-order chi connectivity index (χ0) is 19.0. The minimum Gasteiger partial charge on any atom is -0.512 e. The van der Waals surface area contributed by atoms with Crippen LogP contribution in [0, 0.1) is 5.92 Å². The van der Waals surface area contributed by atoms with Crippen LogP contribution in [0.3, 0.4) is 0 Å². The average Bonchev–Trinajstić information content (AvgIpc) is 3.08. The monoisotopic (exact) mass is 365 g/mol. The summed E-state index contributed by atoms with van der Waals surface area (Å²) in [6.45, 7) is 6.12. The molecule has 1 aliphatic heterocycles. The molecule has 0 saturated carbocycles. The van der Waals surface area contributed by atoms with Gasteiger partial charge in [0.15, 0.2) is 0 Å². The van der Waals surface area contributed by atoms with Gasteiger partial charge in [-0.05, 0) is 54.7 Å². The molecule has 0 bridgehead atoms. The summed E-state index contributed by atoms with van der Waals surface area (Å²) in [7, 11) is 0. The lowest BCUT2D eigenvalue weighted by atomic mass is 9.84. The Bertz CT molecular complexity index is 846. The highest BCUT2D eigenvalue weighted by Gasteiger charge is 2.28. The highest BCUT2D eigenvalue weighted by molar-refractivity contribution is 5.60. The molecule has 1 aliphatic carbocycles. The second kappa shape index (κ2) is 7.19. The van der Waals surface area contributed by atoms with Gasteiger partial charge in [-0.2, -0.15) is 0 Å². The van der Waals surface area contributed by atoms with E-state index in [1.54, 1.807) is 0 Å². The van der Waals surface area contributed by atoms with Crippen LogP contribution in [-0.4, -0.2) is 34.2 Å². The van der Waals surface area contributed by atoms with Crippen molar-refractivity contribution in [1.29, 1.82) is 0 Å². The van der Waals surface area contributed by atoms with Crippen LogP contribution in [0.15, 0.2) is 42.3 Å². The van der Waals surface area contributed by atoms with Crippen LogP contribution in [0.4, 0.5) is 17.3 Å². The molecular formula is C21H27N5O. The minimum atomic E-state index is -0.0703. The third-order valence-corrected chi connectivity index (χ3v) is 5.42. The predicted molar refractivity (Wildman–Crippen MR) is 109 cm³/mol. The van der Waals surface area contributed by atoms with Gasteiger partial charge >= 0.3 is 0 Å². The number of nitrogens with one attached hydrogen (secondary N) is 1. The van der Waals surface area contributed by atoms with Crippen molar-refractivity contribution in [1.82, 2.24) is 9.97 Å². The molecule has 0 radical (unpaired) electrons. The Hall–Kier alpha value is -2.60. The van der Waals surface area contributed by atoms with Gasteiger partial charge in [-0.3, -0.25) is 0 Å². The minimum absolute atomic E-state index is 0.0703. The van der Waals surface area contributed by atoms with Crippen molar-refractivity contribution >= 4 is 17.3 Å². The largest absolute Gasteiger partial charge is 0.512 e. The molecule has 2 aliphatic rings. The van der Waals surface area contributed by atoms with E-state index in [4.69, 9.17) is 10.7 Å². The van der Waals surface area contributed by atoms with Crippen LogP contribution in [0.25, 0.3) is 0 Å². The van der Waals surface area contributed by atoms with Crippen molar-refractivity contribution in [3.8, 4) is 0 Å². The standard InChI is InChI=1S/C21H27N5O/c1-13(2)19-18(27)8-3-14-11-23-21(25-20(14)19)24-16-4-6-17(7-5-16)26-10-9-15(22)12-26/h4-8,11,13,15,19,27H,3,9-10,12,22H2,1-2H3,(H,23,24,25). The first kappa shape index (κ1) is 17.8. The molecule has 6 heteroatoms. The third kappa shape index (κ3) is 3.62. The maximum atomic E-state index is 10.3. The molecule has 27 heavy (non-hydrogen) atoms. The highest BCUT2D eigenvalue weighted by atomic mass is 16.3. The van der Waals surface area contributed by atoms with Crippen molar-refractivity contribution < 1.29 is 5.11 Å². The quantitative estimate of drug-likeness (QED) is 0.769. The van der Waals surface area contributed by atoms with Crippen LogP contribution in [0.5, 0.6) is 0 Å². The van der Waals surface area contributed by atoms with Gasteiger partial charge in [-0.1, -0.05) is 13.8 Å². The van der Waals surface area contributed by atoms with Crippen molar-refractivity contribution in [2.75, 3.05) is 23.3 Å². The molecule has 4 rings (SSSR count). The van der Waals surface area contributed by atoms with E-state index < -0.39 is 0 Å². The van der Waals surface area contributed by atoms with Gasteiger partial charge in [-0.25, -0.2) is 9.97 Å². The van der Waals surface area contributed by atoms with Crippen molar-refractivity contribution in [2.45, 2.75) is 38.6 Å². The molecule has 2 heterocycles. The van der Waals surface area contributed by atoms with Crippen molar-refractivity contribution in [3.05, 3.63) is 53.6 Å². The first-order valence-corrected chi connectivity index (χ1v) is 9.63. The molecule has 1 aromatic carbocycles. The molecule has 2 aromatic rings. The van der Waals surface area contributed by atoms with Gasteiger partial charge < -0.3 is 21.1 Å². The maximum absolute atomic E-state index is 10.3. The highest BCUT2D eigenvalue weighted by Crippen LogP contribution is 2.35. The number of rotatable bonds is 4. The molecule has 142 valence electrons. The number of hydrogen-bond acceptors (Lipinski definition) is 6. The van der Waals surface area contributed by atoms with E-state index in [1.807, 2.05) is 24.4 Å². The van der Waals surface area contributed by atoms with E-state index in [0.29, 0.717) is 18.1 Å². The molecule has 1 saturated heterocycles. The van der Waals surface area contributed by atoms with Crippen LogP contribution in [0.1, 0.15) is 37.4 Å². The average molecular weight is 365 g/mol. The number of anilines is 3. The molecular weight excluding hydrogens is 338 g/mol. The maximum Gasteiger partial charge on any atom is 0.227 e. The number of hydrogen-bond donors (Lipinski definition) is 3. The number of allylic oxidation sites excluding steroid dienone is 2. The Morgan fingerprint density at radius 1 is 1.26 bits per heavy atom. The second-order valence-electron chi connectivity index (χ2n) is 7.83. The first-order valence-electron chi connectivity index (χ1n) is 9.63. The number of aromatic nitrogens is 2. The molecule has 1 aromatic heterocycles. The van der Waals surface area contributed by atoms with E-state index in [1.165, 1.54) is 5.69 Å². The van der Waals surface area contributed by atoms with E-state index in [9.17, 15) is 5.11 Å². The fourth-order valence-electron chi connectivity index (χ4n) is 3.95. The van der Waals surface area contributed by atoms with Gasteiger partial charge in [-0.15, -0.1) is 0 Å². The SMILES string of the molecule is CC(C)C1C(O)=CCc2cnc(Nc3ccc(N4CCC(N)C4)cc3)nc21. The number of nitrogens with two attached hydrogens (primary N) is 1. The molecule has 2 unspecified atom stereocenters. The Labute approximate surface area is 160 Å². The summed E-state index contributed by atoms with van der Waals surface area (Å²) in [5.74, 6) is 1.17. The number of fused-ring (bicyclic) bond motifs is 1. The Morgan fingerprint density at radius 2 is 2.04 bits per heavy atom. The fourth-order valence-corrected chi connectivity index (χ4v) is 3.95. The lowest BCUT2D eigenvalue weighted by Crippen LogP contribution is -2.26. The lowest BCUT2D eigenvalue weighted by Gasteiger charge is -2.26. The normalized spacial score (nSPS) is 21.9. The van der Waals surface area contributed by atoms with Gasteiger partial charge in [0.1, 0.15) is 0 Å². The molecule has 0 amide bonds. The summed E-state index contributed by atoms with van der Waals surface area (Å²) in [6, 6.07) is 8.55. The summed E-state index contributed by atoms with van der Waals surface area (Å²) in [5, 5.41) is 13.6. The lowest BCUT2D eigenvalue weighted by molar-refractivity contribution is 0.323. The molecule has 1 fully saturated rings. The van der Waals surface area contributed by atoms with Crippen LogP contribution in [0.2, 0.25) is 0 Å². The Morgan fingerprint density at radius 3 is 2.70 bits per heavy atom. The zero-order valence-corrected chi connectivity index (χ0v) is 15.9. The van der Waals surface area contributed by atoms with Gasteiger partial charge in [0.2, 0.25) is 5.95 Å². The topological polar surface area (TPSA) is 87.3 Å². The number of nitrogens with zero attached hydrogens (tertiary/aromatic N) is 3. The van der Waals surface area contributed by atoms with E-state index in [2.05, 4.69) is 41.2 Å². The number of aliphatic hydroxyl groups excluding tert-OH is 1. The summed E-state index contributed by atoms with van der Waals surface area (Å²) in [5.41, 5.74) is 10.1. The zero-order valence-electron chi connectivity index (χ0n) is 15.9. The number of aliphatic hydroxyl groups is 1. The van der Waals surface area contributed by atoms with Crippen molar-refractivity contribution in [2.24, 2.45) is 11.7 Å². The molecule has 2 atom stereocenters. The summed E-state index contributed by atoms with van der Waals surface area (Å²) in [4.78, 5) is 11.5. The third-order valence-electron chi connectivity index (χ3n) is 5.42. The summed E-state index contributed by atoms with van der Waals surface area (Å²) in [6.07, 6.45) is 5.45. The van der Waals surface area contributed by atoms with E-state index >= 15 is 0 Å². The molecule has 0 spiro atoms. The van der Waals surface area contributed by atoms with Gasteiger partial charge in [0.05, 0.1) is 17.4 Å². The van der Waals surface area contributed by atoms with Crippen molar-refractivity contribution in [3.63, 3.8) is 0 Å². The summed E-state index contributed by atoms with van der Waals surface area (Å²) >= 11 is 0. The molecule has 4 N–H and O–H groups in total. The molecule has 6 nitrogen and oxygen atoms in total. The van der Waals surface area contributed by atoms with Crippen LogP contribution >= 0.6 is 0 Å². The van der Waals surface area contributed by atoms with Crippen LogP contribution in [-0.2, 0) is 6.42 Å². The smallest absolute Gasteiger partial charge is 0.227 e.